The van der Waals surface area contributed by atoms with Gasteiger partial charge in [-0.1, -0.05) is 109 Å². The summed E-state index contributed by atoms with van der Waals surface area (Å²) in [5.74, 6) is -7.22. The number of allylic oxidation sites excluding steroid dienone is 1. The van der Waals surface area contributed by atoms with Gasteiger partial charge in [-0.05, 0) is 114 Å². The van der Waals surface area contributed by atoms with E-state index in [1.807, 2.05) is 27.7 Å². The third kappa shape index (κ3) is 29.9. The van der Waals surface area contributed by atoms with Gasteiger partial charge in [-0.2, -0.15) is 0 Å². The molecule has 27 nitrogen and oxygen atoms in total. The summed E-state index contributed by atoms with van der Waals surface area (Å²) in [6, 6.07) is 11.1. The first-order valence-electron chi connectivity index (χ1n) is 36.1. The summed E-state index contributed by atoms with van der Waals surface area (Å²) < 4.78 is 35.0. The number of nitrogens with one attached hydrogen (secondary N) is 5. The van der Waals surface area contributed by atoms with Gasteiger partial charge in [0.15, 0.2) is 11.9 Å². The van der Waals surface area contributed by atoms with E-state index in [2.05, 4.69) is 31.6 Å². The summed E-state index contributed by atoms with van der Waals surface area (Å²) in [5.41, 5.74) is 3.29. The van der Waals surface area contributed by atoms with Crippen LogP contribution < -0.4 is 26.6 Å². The van der Waals surface area contributed by atoms with Crippen molar-refractivity contribution in [1.82, 2.24) is 41.3 Å². The highest BCUT2D eigenvalue weighted by atomic mass is 16.6. The normalized spacial score (nSPS) is 23.1. The molecule has 2 aliphatic heterocycles. The first-order valence-corrected chi connectivity index (χ1v) is 36.1. The van der Waals surface area contributed by atoms with Crippen molar-refractivity contribution >= 4 is 76.8 Å². The molecule has 1 saturated heterocycles. The number of benzene rings is 2. The summed E-state index contributed by atoms with van der Waals surface area (Å²) in [7, 11) is 2.82. The third-order valence-corrected chi connectivity index (χ3v) is 18.2. The first kappa shape index (κ1) is 86.7. The van der Waals surface area contributed by atoms with Crippen molar-refractivity contribution in [1.29, 1.82) is 0 Å². The van der Waals surface area contributed by atoms with Crippen molar-refractivity contribution in [3.63, 3.8) is 0 Å². The third-order valence-electron chi connectivity index (χ3n) is 18.2. The first-order chi connectivity index (χ1) is 49.0. The second-order valence-electron chi connectivity index (χ2n) is 27.1. The molecular weight excluding hydrogens is 1330 g/mol. The lowest BCUT2D eigenvalue weighted by atomic mass is 9.90. The van der Waals surface area contributed by atoms with E-state index in [1.54, 1.807) is 95.3 Å². The van der Waals surface area contributed by atoms with Crippen molar-refractivity contribution < 1.29 is 86.0 Å². The lowest BCUT2D eigenvalue weighted by Crippen LogP contribution is -2.57. The number of likely N-dealkylation sites (N-methyl/N-ethyl adjacent to an activating group) is 2. The zero-order valence-electron chi connectivity index (χ0n) is 62.9. The molecule has 2 aliphatic rings. The molecule has 2 aromatic carbocycles. The van der Waals surface area contributed by atoms with Gasteiger partial charge in [0.1, 0.15) is 36.4 Å². The van der Waals surface area contributed by atoms with Crippen LogP contribution in [0, 0.1) is 23.7 Å². The molecule has 2 unspecified atom stereocenters. The molecule has 9 amide bonds. The van der Waals surface area contributed by atoms with Crippen LogP contribution in [0.25, 0.3) is 0 Å². The summed E-state index contributed by atoms with van der Waals surface area (Å²) in [5, 5.41) is 13.7. The minimum atomic E-state index is -1.36. The number of aliphatic imine (C=N–C) groups is 1. The molecule has 0 saturated carbocycles. The van der Waals surface area contributed by atoms with Crippen LogP contribution in [0.2, 0.25) is 0 Å². The average Bonchev–Trinajstić information content (AvgIpc) is 1.80. The van der Waals surface area contributed by atoms with Gasteiger partial charge in [-0.3, -0.25) is 53.0 Å². The average molecular weight is 1440 g/mol. The number of hydrogen-bond acceptors (Lipinski definition) is 19. The second kappa shape index (κ2) is 45.4. The molecule has 5 N–H and O–H groups in total. The number of amides is 9. The number of ketones is 1. The molecule has 27 heteroatoms. The zero-order chi connectivity index (χ0) is 76.3. The highest BCUT2D eigenvalue weighted by molar-refractivity contribution is 6.04. The standard InChI is InChI=1S/C76H113N9O18/c1-15-49(5)66-70(91)81-56(12)75(96)103-67(50(6)16-2)53(9)62(33-28-51(7)74(95)101-63(43-48(3)4)69(90)80-55(11)72(93)84(14)61(45-57-25-19-17-20-26-57)73(94)83(13)47-64(87)82-66)102-76(97)78-35-24-38-99-40-42-100-41-39-98-37-23-34-77-68(89)59-31-29-58(30-32-59)54(10)79-46-60(86)27-21-18-22-36-85-65(88)44-52(8)71(85)92/h16-17,19-20,25-26,28-32,48-49,52-53,55-56,61-63,66-67H,15,18,21-24,27,33-47H2,1-14H3,(H,77,89)(H,78,97)(H,80,90)(H,81,91)(H,82,87)/b50-16+,51-28+,79-54?/t49?,52?,53-,55-,56+,61+,62-,63+,66-,67+/m0/s1. The van der Waals surface area contributed by atoms with Crippen LogP contribution in [0.1, 0.15) is 169 Å². The minimum Gasteiger partial charge on any atom is -0.456 e. The predicted molar refractivity (Wildman–Crippen MR) is 387 cm³/mol. The lowest BCUT2D eigenvalue weighted by molar-refractivity contribution is -0.155. The van der Waals surface area contributed by atoms with Crippen molar-refractivity contribution in [3.8, 4) is 0 Å². The molecule has 0 radical (unpaired) electrons. The fourth-order valence-corrected chi connectivity index (χ4v) is 11.3. The van der Waals surface area contributed by atoms with Gasteiger partial charge in [0, 0.05) is 101 Å². The zero-order valence-corrected chi connectivity index (χ0v) is 62.9. The Morgan fingerprint density at radius 2 is 1.33 bits per heavy atom. The number of alkyl carbamates (subject to hydrolysis) is 1. The van der Waals surface area contributed by atoms with Crippen LogP contribution in [-0.2, 0) is 82.8 Å². The topological polar surface area (TPSA) is 342 Å². The number of carbonyl (C=O) groups is 12. The van der Waals surface area contributed by atoms with Crippen molar-refractivity contribution in [2.75, 3.05) is 86.5 Å². The number of hydrogen-bond donors (Lipinski definition) is 5. The van der Waals surface area contributed by atoms with Gasteiger partial charge >= 0.3 is 18.0 Å². The molecule has 0 bridgehead atoms. The molecule has 570 valence electrons. The minimum absolute atomic E-state index is 0.00337. The number of nitrogens with zero attached hydrogens (tertiary/aromatic N) is 4. The molecule has 2 heterocycles. The van der Waals surface area contributed by atoms with E-state index in [0.29, 0.717) is 93.8 Å². The van der Waals surface area contributed by atoms with Crippen molar-refractivity contribution in [2.45, 2.75) is 196 Å². The molecule has 1 fully saturated rings. The molecule has 2 aromatic rings. The molecule has 0 spiro atoms. The molecule has 0 aliphatic carbocycles. The molecule has 10 atom stereocenters. The van der Waals surface area contributed by atoms with Crippen LogP contribution in [0.15, 0.2) is 82.9 Å². The molecule has 0 aromatic heterocycles. The quantitative estimate of drug-likeness (QED) is 0.0129. The molecule has 4 rings (SSSR count). The van der Waals surface area contributed by atoms with Crippen LogP contribution in [-0.4, -0.2) is 220 Å². The van der Waals surface area contributed by atoms with Gasteiger partial charge in [0.25, 0.3) is 11.8 Å². The van der Waals surface area contributed by atoms with Gasteiger partial charge < -0.3 is 64.8 Å². The number of esters is 2. The van der Waals surface area contributed by atoms with Crippen LogP contribution >= 0.6 is 0 Å². The highest BCUT2D eigenvalue weighted by Crippen LogP contribution is 2.27. The Bertz CT molecular complexity index is 3250. The van der Waals surface area contributed by atoms with Crippen LogP contribution in [0.5, 0.6) is 0 Å². The smallest absolute Gasteiger partial charge is 0.407 e. The summed E-state index contributed by atoms with van der Waals surface area (Å²) in [6.45, 7) is 22.7. The Balaban J connectivity index is 1.29. The maximum Gasteiger partial charge on any atom is 0.407 e. The predicted octanol–water partition coefficient (Wildman–Crippen LogP) is 6.57. The molecular formula is C76H113N9O18. The van der Waals surface area contributed by atoms with E-state index in [0.717, 1.165) is 16.9 Å². The SMILES string of the molecule is C/C=C(\C)[C@H]1OC(=O)[C@@H](C)NC(=O)[C@H](C(C)CC)NC(=O)CN(C)C(=O)[C@@H](Cc2ccccc2)N(C)C(=O)[C@H](C)NC(=O)[C@@H](CC(C)C)OC(=O)/C(C)=C/C[C@H](OC(=O)NCCCOCCOCCOCCCNC(=O)c2ccc(C(C)=NCC(=O)CCCCCN3C(=O)CC(C)C3=O)cc2)[C@@H]1C. The second-order valence-corrected chi connectivity index (χ2v) is 27.1. The Morgan fingerprint density at radius 3 is 1.93 bits per heavy atom. The highest BCUT2D eigenvalue weighted by Gasteiger charge is 2.39. The number of imide groups is 1. The number of ether oxygens (including phenoxy) is 6. The van der Waals surface area contributed by atoms with Crippen LogP contribution in [0.3, 0.4) is 0 Å². The number of rotatable bonds is 32. The largest absolute Gasteiger partial charge is 0.456 e. The number of likely N-dealkylation sites (tertiary alicyclic amines) is 1. The summed E-state index contributed by atoms with van der Waals surface area (Å²) in [6.07, 6.45) is 3.04. The van der Waals surface area contributed by atoms with Crippen molar-refractivity contribution in [2.24, 2.45) is 28.7 Å². The molecule has 103 heavy (non-hydrogen) atoms. The fourth-order valence-electron chi connectivity index (χ4n) is 11.3. The van der Waals surface area contributed by atoms with E-state index in [9.17, 15) is 57.5 Å². The van der Waals surface area contributed by atoms with Gasteiger partial charge in [0.2, 0.25) is 35.4 Å². The monoisotopic (exact) mass is 1440 g/mol. The van der Waals surface area contributed by atoms with Gasteiger partial charge in [0.05, 0.1) is 39.5 Å². The van der Waals surface area contributed by atoms with Gasteiger partial charge in [-0.15, -0.1) is 0 Å². The fraction of sp³-hybridized carbons (Fsp3) is 0.618. The maximum atomic E-state index is 14.4. The number of cyclic esters (lactones) is 2. The van der Waals surface area contributed by atoms with E-state index < -0.39 is 108 Å². The summed E-state index contributed by atoms with van der Waals surface area (Å²) >= 11 is 0. The van der Waals surface area contributed by atoms with E-state index in [4.69, 9.17) is 28.4 Å². The number of Topliss-reactive ketones (excluding diaryl/α,β-unsaturated/α-hetero) is 1. The van der Waals surface area contributed by atoms with E-state index in [1.165, 1.54) is 50.7 Å². The number of unbranched alkanes of at least 4 members (excludes halogenated alkanes) is 2. The Hall–Kier alpha value is -8.69. The Morgan fingerprint density at radius 1 is 0.718 bits per heavy atom. The van der Waals surface area contributed by atoms with Crippen molar-refractivity contribution in [3.05, 3.63) is 94.6 Å². The maximum absolute atomic E-state index is 14.4. The van der Waals surface area contributed by atoms with Gasteiger partial charge in [-0.25, -0.2) is 14.4 Å². The van der Waals surface area contributed by atoms with E-state index in [-0.39, 0.29) is 99.5 Å². The lowest BCUT2D eigenvalue weighted by Gasteiger charge is -2.33. The Kier molecular flexibility index (Phi) is 38.2. The Labute approximate surface area is 607 Å². The van der Waals surface area contributed by atoms with Crippen LogP contribution in [0.4, 0.5) is 4.79 Å². The summed E-state index contributed by atoms with van der Waals surface area (Å²) in [4.78, 5) is 170. The van der Waals surface area contributed by atoms with E-state index >= 15 is 0 Å². The number of carbonyl (C=O) groups excluding carboxylic acids is 12.